The Hall–Kier alpha value is -2.16. The van der Waals surface area contributed by atoms with Gasteiger partial charge in [0.25, 0.3) is 11.3 Å². The summed E-state index contributed by atoms with van der Waals surface area (Å²) in [5.74, 6) is -5.40. The Balaban J connectivity index is 3.98. The molecule has 1 aliphatic carbocycles. The van der Waals surface area contributed by atoms with Gasteiger partial charge in [-0.1, -0.05) is 0 Å². The molecule has 0 aromatic carbocycles. The molecule has 0 radical (unpaired) electrons. The molecule has 20 heavy (non-hydrogen) atoms. The second-order valence-corrected chi connectivity index (χ2v) is 3.91. The molecule has 0 heterocycles. The van der Waals surface area contributed by atoms with Crippen LogP contribution < -0.4 is 0 Å². The minimum atomic E-state index is -4.70. The van der Waals surface area contributed by atoms with Crippen LogP contribution in [-0.4, -0.2) is 34.7 Å². The Labute approximate surface area is 108 Å². The lowest BCUT2D eigenvalue weighted by Gasteiger charge is -2.43. The van der Waals surface area contributed by atoms with Crippen molar-refractivity contribution >= 4 is 7.12 Å². The van der Waals surface area contributed by atoms with Gasteiger partial charge >= 0.3 is 7.12 Å². The highest BCUT2D eigenvalue weighted by Crippen LogP contribution is 2.62. The summed E-state index contributed by atoms with van der Waals surface area (Å²) in [7, 11) is -3.43. The van der Waals surface area contributed by atoms with Gasteiger partial charge in [0.05, 0.1) is 6.07 Å². The van der Waals surface area contributed by atoms with Crippen molar-refractivity contribution in [1.29, 1.82) is 15.8 Å². The van der Waals surface area contributed by atoms with Crippen LogP contribution in [-0.2, 0) is 0 Å². The quantitative estimate of drug-likeness (QED) is 0.545. The first-order valence-electron chi connectivity index (χ1n) is 4.78. The third-order valence-corrected chi connectivity index (χ3v) is 3.05. The van der Waals surface area contributed by atoms with Gasteiger partial charge in [-0.3, -0.25) is 0 Å². The molecule has 0 aromatic rings. The highest BCUT2D eigenvalue weighted by atomic mass is 19.2. The standard InChI is InChI=1S/C9H3BF5N3O2/c11-4-5(12)7(1-16,10(19)20)9(15,3-18)8(14,2-17)6(4)13/h6,19-20H. The Kier molecular flexibility index (Phi) is 3.53. The number of rotatable bonds is 1. The lowest BCUT2D eigenvalue weighted by Crippen LogP contribution is -2.66. The third-order valence-electron chi connectivity index (χ3n) is 3.05. The van der Waals surface area contributed by atoms with Gasteiger partial charge in [0.15, 0.2) is 17.0 Å². The zero-order chi connectivity index (χ0) is 15.9. The van der Waals surface area contributed by atoms with Crippen molar-refractivity contribution in [2.75, 3.05) is 0 Å². The molecule has 4 unspecified atom stereocenters. The van der Waals surface area contributed by atoms with E-state index < -0.39 is 41.6 Å². The van der Waals surface area contributed by atoms with Crippen molar-refractivity contribution in [2.45, 2.75) is 22.8 Å². The number of hydrogen-bond donors (Lipinski definition) is 2. The predicted molar refractivity (Wildman–Crippen MR) is 51.5 cm³/mol. The van der Waals surface area contributed by atoms with Crippen LogP contribution in [0.3, 0.4) is 0 Å². The fraction of sp³-hybridized carbons (Fsp3) is 0.444. The molecule has 0 aromatic heterocycles. The van der Waals surface area contributed by atoms with E-state index in [1.165, 1.54) is 0 Å². The summed E-state index contributed by atoms with van der Waals surface area (Å²) in [6.45, 7) is 0. The molecule has 4 atom stereocenters. The van der Waals surface area contributed by atoms with E-state index in [2.05, 4.69) is 0 Å². The summed E-state index contributed by atoms with van der Waals surface area (Å²) in [5.41, 5.74) is -9.35. The lowest BCUT2D eigenvalue weighted by atomic mass is 9.45. The highest BCUT2D eigenvalue weighted by molar-refractivity contribution is 6.49. The molecule has 1 aliphatic rings. The molecule has 0 bridgehead atoms. The molecule has 2 N–H and O–H groups in total. The summed E-state index contributed by atoms with van der Waals surface area (Å²) in [6, 6.07) is 1.17. The number of nitriles is 3. The topological polar surface area (TPSA) is 112 Å². The number of alkyl halides is 3. The molecule has 0 fully saturated rings. The van der Waals surface area contributed by atoms with Crippen LogP contribution in [0.5, 0.6) is 0 Å². The monoisotopic (exact) mass is 291 g/mol. The molecule has 5 nitrogen and oxygen atoms in total. The fourth-order valence-electron chi connectivity index (χ4n) is 1.87. The maximum absolute atomic E-state index is 14.4. The molecule has 0 spiro atoms. The van der Waals surface area contributed by atoms with E-state index in [-0.39, 0.29) is 0 Å². The summed E-state index contributed by atoms with van der Waals surface area (Å²) in [4.78, 5) is 0. The zero-order valence-corrected chi connectivity index (χ0v) is 9.28. The Morgan fingerprint density at radius 3 is 1.85 bits per heavy atom. The van der Waals surface area contributed by atoms with Crippen molar-refractivity contribution in [3.63, 3.8) is 0 Å². The first-order chi connectivity index (χ1) is 9.10. The Morgan fingerprint density at radius 1 is 1.05 bits per heavy atom. The first kappa shape index (κ1) is 15.9. The highest BCUT2D eigenvalue weighted by Gasteiger charge is 2.81. The maximum Gasteiger partial charge on any atom is 0.485 e. The number of hydrogen-bond acceptors (Lipinski definition) is 5. The van der Waals surface area contributed by atoms with Crippen molar-refractivity contribution in [3.8, 4) is 18.2 Å². The molecule has 1 rings (SSSR count). The average Bonchev–Trinajstić information content (AvgIpc) is 2.43. The average molecular weight is 291 g/mol. The molecule has 104 valence electrons. The van der Waals surface area contributed by atoms with Gasteiger partial charge in [0, 0.05) is 0 Å². The molecule has 0 amide bonds. The number of nitrogens with zero attached hydrogens (tertiary/aromatic N) is 3. The van der Waals surface area contributed by atoms with Gasteiger partial charge in [-0.05, 0) is 0 Å². The van der Waals surface area contributed by atoms with Crippen LogP contribution in [0.15, 0.2) is 11.7 Å². The van der Waals surface area contributed by atoms with E-state index in [0.29, 0.717) is 18.2 Å². The van der Waals surface area contributed by atoms with Gasteiger partial charge in [0.1, 0.15) is 12.1 Å². The summed E-state index contributed by atoms with van der Waals surface area (Å²) in [5, 5.41) is 39.4. The smallest absolute Gasteiger partial charge is 0.426 e. The van der Waals surface area contributed by atoms with E-state index in [9.17, 15) is 22.0 Å². The summed E-state index contributed by atoms with van der Waals surface area (Å²) < 4.78 is 68.7. The van der Waals surface area contributed by atoms with Crippen molar-refractivity contribution in [3.05, 3.63) is 11.7 Å². The Morgan fingerprint density at radius 2 is 1.55 bits per heavy atom. The largest absolute Gasteiger partial charge is 0.485 e. The normalized spacial score (nSPS) is 40.5. The van der Waals surface area contributed by atoms with Crippen LogP contribution in [0.4, 0.5) is 22.0 Å². The molecule has 0 aliphatic heterocycles. The van der Waals surface area contributed by atoms with Crippen molar-refractivity contribution in [1.82, 2.24) is 0 Å². The van der Waals surface area contributed by atoms with Crippen LogP contribution in [0.1, 0.15) is 0 Å². The van der Waals surface area contributed by atoms with Crippen LogP contribution >= 0.6 is 0 Å². The molecular weight excluding hydrogens is 288 g/mol. The van der Waals surface area contributed by atoms with E-state index in [1.807, 2.05) is 0 Å². The van der Waals surface area contributed by atoms with Gasteiger partial charge < -0.3 is 10.0 Å². The minimum absolute atomic E-state index is 0.313. The second-order valence-electron chi connectivity index (χ2n) is 3.91. The SMILES string of the molecule is N#CC1(B(O)O)C(F)=C(F)C(F)C(F)(C#N)C1(F)C#N. The lowest BCUT2D eigenvalue weighted by molar-refractivity contribution is -0.0483. The van der Waals surface area contributed by atoms with E-state index >= 15 is 0 Å². The zero-order valence-electron chi connectivity index (χ0n) is 9.28. The van der Waals surface area contributed by atoms with E-state index in [1.54, 1.807) is 0 Å². The predicted octanol–water partition coefficient (Wildman–Crippen LogP) is 0.689. The maximum atomic E-state index is 14.4. The molecule has 0 saturated heterocycles. The Bertz CT molecular complexity index is 608. The summed E-state index contributed by atoms with van der Waals surface area (Å²) >= 11 is 0. The van der Waals surface area contributed by atoms with Crippen LogP contribution in [0.2, 0.25) is 5.31 Å². The van der Waals surface area contributed by atoms with Gasteiger partial charge in [0.2, 0.25) is 6.17 Å². The fourth-order valence-corrected chi connectivity index (χ4v) is 1.87. The van der Waals surface area contributed by atoms with E-state index in [0.717, 1.165) is 0 Å². The molecule has 0 saturated carbocycles. The summed E-state index contributed by atoms with van der Waals surface area (Å²) in [6.07, 6.45) is -3.85. The van der Waals surface area contributed by atoms with Crippen molar-refractivity contribution < 1.29 is 32.0 Å². The van der Waals surface area contributed by atoms with Gasteiger partial charge in [-0.2, -0.15) is 15.8 Å². The van der Waals surface area contributed by atoms with Gasteiger partial charge in [-0.15, -0.1) is 0 Å². The van der Waals surface area contributed by atoms with E-state index in [4.69, 9.17) is 25.8 Å². The minimum Gasteiger partial charge on any atom is -0.426 e. The number of halogens is 5. The third kappa shape index (κ3) is 1.35. The van der Waals surface area contributed by atoms with Crippen LogP contribution in [0.25, 0.3) is 0 Å². The molecular formula is C9H3BF5N3O2. The second kappa shape index (κ2) is 4.45. The van der Waals surface area contributed by atoms with Crippen LogP contribution in [0, 0.1) is 34.0 Å². The first-order valence-corrected chi connectivity index (χ1v) is 4.78. The number of allylic oxidation sites excluding steroid dienone is 2. The van der Waals surface area contributed by atoms with Crippen molar-refractivity contribution in [2.24, 2.45) is 0 Å². The molecule has 11 heteroatoms. The van der Waals surface area contributed by atoms with Gasteiger partial charge in [-0.25, -0.2) is 22.0 Å².